The molecule has 5 aromatic rings. The molecule has 0 saturated carbocycles. The van der Waals surface area contributed by atoms with Crippen molar-refractivity contribution in [1.82, 2.24) is 19.5 Å². The first-order valence-electron chi connectivity index (χ1n) is 11.5. The zero-order valence-corrected chi connectivity index (χ0v) is 19.4. The zero-order valence-electron chi connectivity index (χ0n) is 18.6. The van der Waals surface area contributed by atoms with Crippen molar-refractivity contribution in [3.63, 3.8) is 0 Å². The maximum Gasteiger partial charge on any atom is 0.283 e. The Morgan fingerprint density at radius 1 is 0.857 bits per heavy atom. The molecule has 6 nitrogen and oxygen atoms in total. The van der Waals surface area contributed by atoms with Crippen LogP contribution in [0.25, 0.3) is 22.3 Å². The molecule has 0 bridgehead atoms. The van der Waals surface area contributed by atoms with Gasteiger partial charge >= 0.3 is 0 Å². The molecule has 3 aromatic carbocycles. The van der Waals surface area contributed by atoms with E-state index in [0.717, 1.165) is 40.1 Å². The van der Waals surface area contributed by atoms with Crippen LogP contribution < -0.4 is 5.56 Å². The Morgan fingerprint density at radius 2 is 1.54 bits per heavy atom. The smallest absolute Gasteiger partial charge is 0.274 e. The van der Waals surface area contributed by atoms with Gasteiger partial charge in [-0.3, -0.25) is 14.4 Å². The van der Waals surface area contributed by atoms with Crippen LogP contribution in [0.4, 0.5) is 5.69 Å². The van der Waals surface area contributed by atoms with Gasteiger partial charge in [-0.05, 0) is 33.9 Å². The van der Waals surface area contributed by atoms with Gasteiger partial charge in [-0.2, -0.15) is 0 Å². The number of benzene rings is 3. The molecule has 0 amide bonds. The molecule has 0 spiro atoms. The van der Waals surface area contributed by atoms with Crippen LogP contribution >= 0.6 is 11.8 Å². The van der Waals surface area contributed by atoms with Gasteiger partial charge in [0.1, 0.15) is 0 Å². The number of aromatic nitrogens is 4. The Kier molecular flexibility index (Phi) is 4.63. The summed E-state index contributed by atoms with van der Waals surface area (Å²) in [6.45, 7) is 0. The minimum absolute atomic E-state index is 0.182. The van der Waals surface area contributed by atoms with E-state index in [1.165, 1.54) is 17.3 Å². The SMILES string of the molecule is O=c1c2nccnc2nc(SCC2=Nc3ccccc3C2)n1C1c2ccccc2-c2ccccc21. The van der Waals surface area contributed by atoms with Crippen LogP contribution in [0.2, 0.25) is 0 Å². The Balaban J connectivity index is 1.38. The van der Waals surface area contributed by atoms with Crippen molar-refractivity contribution in [2.24, 2.45) is 4.99 Å². The number of nitrogens with zero attached hydrogens (tertiary/aromatic N) is 5. The first-order chi connectivity index (χ1) is 17.3. The number of aliphatic imine (C=N–C) groups is 1. The van der Waals surface area contributed by atoms with Crippen LogP contribution in [0.5, 0.6) is 0 Å². The van der Waals surface area contributed by atoms with Gasteiger partial charge < -0.3 is 0 Å². The maximum atomic E-state index is 13.9. The van der Waals surface area contributed by atoms with Gasteiger partial charge in [0, 0.05) is 30.3 Å². The van der Waals surface area contributed by atoms with Gasteiger partial charge in [-0.25, -0.2) is 15.0 Å². The average Bonchev–Trinajstić information content (AvgIpc) is 3.47. The topological polar surface area (TPSA) is 73.0 Å². The third-order valence-electron chi connectivity index (χ3n) is 6.60. The fraction of sp³-hybridized carbons (Fsp3) is 0.107. The normalized spacial score (nSPS) is 14.0. The second-order valence-corrected chi connectivity index (χ2v) is 9.59. The lowest BCUT2D eigenvalue weighted by Gasteiger charge is -2.20. The Labute approximate surface area is 205 Å². The van der Waals surface area contributed by atoms with Crippen molar-refractivity contribution in [1.29, 1.82) is 0 Å². The molecule has 1 aliphatic carbocycles. The summed E-state index contributed by atoms with van der Waals surface area (Å²) in [5.74, 6) is 0.642. The van der Waals surface area contributed by atoms with Crippen LogP contribution in [0.15, 0.2) is 100 Å². The van der Waals surface area contributed by atoms with Gasteiger partial charge in [0.25, 0.3) is 5.56 Å². The monoisotopic (exact) mass is 473 g/mol. The fourth-order valence-corrected chi connectivity index (χ4v) is 6.02. The molecule has 3 heterocycles. The van der Waals surface area contributed by atoms with Crippen LogP contribution in [0, 0.1) is 0 Å². The Hall–Kier alpha value is -4.10. The fourth-order valence-electron chi connectivity index (χ4n) is 5.08. The van der Waals surface area contributed by atoms with Gasteiger partial charge in [0.2, 0.25) is 0 Å². The lowest BCUT2D eigenvalue weighted by molar-refractivity contribution is 0.584. The van der Waals surface area contributed by atoms with Gasteiger partial charge in [-0.1, -0.05) is 78.5 Å². The van der Waals surface area contributed by atoms with E-state index in [9.17, 15) is 4.79 Å². The predicted molar refractivity (Wildman–Crippen MR) is 139 cm³/mol. The van der Waals surface area contributed by atoms with Crippen molar-refractivity contribution in [3.05, 3.63) is 112 Å². The molecule has 0 saturated heterocycles. The molecule has 0 fully saturated rings. The van der Waals surface area contributed by atoms with Gasteiger partial charge in [0.05, 0.1) is 11.7 Å². The molecule has 0 atom stereocenters. The summed E-state index contributed by atoms with van der Waals surface area (Å²) in [6, 6.07) is 24.5. The molecule has 35 heavy (non-hydrogen) atoms. The second kappa shape index (κ2) is 7.99. The van der Waals surface area contributed by atoms with Crippen LogP contribution in [0.3, 0.4) is 0 Å². The number of hydrogen-bond acceptors (Lipinski definition) is 6. The average molecular weight is 474 g/mol. The van der Waals surface area contributed by atoms with Gasteiger partial charge in [-0.15, -0.1) is 0 Å². The molecule has 168 valence electrons. The van der Waals surface area contributed by atoms with Crippen molar-refractivity contribution in [3.8, 4) is 11.1 Å². The maximum absolute atomic E-state index is 13.9. The summed E-state index contributed by atoms with van der Waals surface area (Å²) in [7, 11) is 0. The summed E-state index contributed by atoms with van der Waals surface area (Å²) >= 11 is 1.53. The third-order valence-corrected chi connectivity index (χ3v) is 7.62. The highest BCUT2D eigenvalue weighted by Gasteiger charge is 2.33. The summed E-state index contributed by atoms with van der Waals surface area (Å²) in [5, 5.41) is 0.623. The molecule has 7 heteroatoms. The molecule has 2 aliphatic rings. The van der Waals surface area contributed by atoms with E-state index in [1.54, 1.807) is 17.0 Å². The summed E-state index contributed by atoms with van der Waals surface area (Å²) in [5.41, 5.74) is 8.27. The first kappa shape index (κ1) is 20.3. The lowest BCUT2D eigenvalue weighted by Crippen LogP contribution is -2.29. The zero-order chi connectivity index (χ0) is 23.4. The Morgan fingerprint density at radius 3 is 2.31 bits per heavy atom. The van der Waals surface area contributed by atoms with Crippen molar-refractivity contribution in [2.45, 2.75) is 17.6 Å². The molecule has 2 aromatic heterocycles. The van der Waals surface area contributed by atoms with Crippen molar-refractivity contribution >= 4 is 34.3 Å². The number of hydrogen-bond donors (Lipinski definition) is 0. The second-order valence-electron chi connectivity index (χ2n) is 8.65. The standard InChI is InChI=1S/C28H19N5OS/c34-27-24-26(30-14-13-29-24)32-28(35-16-18-15-17-7-1-6-12-23(17)31-18)33(27)25-21-10-4-2-8-19(21)20-9-3-5-11-22(20)25/h1-14,25H,15-16H2. The van der Waals surface area contributed by atoms with E-state index in [0.29, 0.717) is 16.6 Å². The van der Waals surface area contributed by atoms with E-state index in [-0.39, 0.29) is 17.1 Å². The van der Waals surface area contributed by atoms with Crippen LogP contribution in [-0.2, 0) is 6.42 Å². The summed E-state index contributed by atoms with van der Waals surface area (Å²) in [4.78, 5) is 32.2. The molecule has 0 radical (unpaired) electrons. The summed E-state index contributed by atoms with van der Waals surface area (Å²) in [6.07, 6.45) is 3.94. The molecular weight excluding hydrogens is 454 g/mol. The van der Waals surface area contributed by atoms with E-state index in [4.69, 9.17) is 9.98 Å². The summed E-state index contributed by atoms with van der Waals surface area (Å²) < 4.78 is 1.80. The van der Waals surface area contributed by atoms with E-state index in [1.807, 2.05) is 42.5 Å². The number of fused-ring (bicyclic) bond motifs is 5. The van der Waals surface area contributed by atoms with Gasteiger partial charge in [0.15, 0.2) is 16.3 Å². The predicted octanol–water partition coefficient (Wildman–Crippen LogP) is 5.23. The molecule has 0 unspecified atom stereocenters. The number of thioether (sulfide) groups is 1. The van der Waals surface area contributed by atoms with Crippen LogP contribution in [-0.4, -0.2) is 31.0 Å². The number of para-hydroxylation sites is 1. The largest absolute Gasteiger partial charge is 0.283 e. The molecular formula is C28H19N5OS. The highest BCUT2D eigenvalue weighted by Crippen LogP contribution is 2.45. The Bertz CT molecular complexity index is 1680. The number of rotatable bonds is 4. The minimum atomic E-state index is -0.279. The van der Waals surface area contributed by atoms with E-state index in [2.05, 4.69) is 40.3 Å². The highest BCUT2D eigenvalue weighted by molar-refractivity contribution is 7.99. The molecule has 1 aliphatic heterocycles. The quantitative estimate of drug-likeness (QED) is 0.259. The first-order valence-corrected chi connectivity index (χ1v) is 12.4. The van der Waals surface area contributed by atoms with Crippen LogP contribution in [0.1, 0.15) is 22.7 Å². The molecule has 0 N–H and O–H groups in total. The molecule has 7 rings (SSSR count). The highest BCUT2D eigenvalue weighted by atomic mass is 32.2. The third kappa shape index (κ3) is 3.23. The van der Waals surface area contributed by atoms with E-state index >= 15 is 0 Å². The van der Waals surface area contributed by atoms with Crippen molar-refractivity contribution in [2.75, 3.05) is 5.75 Å². The minimum Gasteiger partial charge on any atom is -0.274 e. The van der Waals surface area contributed by atoms with Crippen molar-refractivity contribution < 1.29 is 0 Å². The van der Waals surface area contributed by atoms with E-state index < -0.39 is 0 Å². The lowest BCUT2D eigenvalue weighted by atomic mass is 10.1.